The third-order valence-electron chi connectivity index (χ3n) is 8.26. The molecule has 0 aromatic heterocycles. The monoisotopic (exact) mass is 694 g/mol. The van der Waals surface area contributed by atoms with E-state index in [0.29, 0.717) is 12.8 Å². The van der Waals surface area contributed by atoms with Gasteiger partial charge in [-0.05, 0) is 71.6 Å². The van der Waals surface area contributed by atoms with Gasteiger partial charge in [0.05, 0.1) is 0 Å². The molecular formula is C44H40O4P2. The molecule has 6 heteroatoms. The number of benzene rings is 6. The summed E-state index contributed by atoms with van der Waals surface area (Å²) >= 11 is 0. The summed E-state index contributed by atoms with van der Waals surface area (Å²) in [6, 6.07) is 59.0. The van der Waals surface area contributed by atoms with Gasteiger partial charge in [0.25, 0.3) is 0 Å². The number of hydrogen-bond acceptors (Lipinski definition) is 4. The normalized spacial score (nSPS) is 11.0. The lowest BCUT2D eigenvalue weighted by atomic mass is 10.2. The molecule has 6 aromatic carbocycles. The van der Waals surface area contributed by atoms with Crippen molar-refractivity contribution in [2.75, 3.05) is 0 Å². The van der Waals surface area contributed by atoms with Gasteiger partial charge in [-0.3, -0.25) is 9.59 Å². The fourth-order valence-electron chi connectivity index (χ4n) is 5.70. The van der Waals surface area contributed by atoms with Crippen molar-refractivity contribution in [1.29, 1.82) is 0 Å². The number of esters is 2. The lowest BCUT2D eigenvalue weighted by Gasteiger charge is -2.19. The van der Waals surface area contributed by atoms with Crippen LogP contribution in [0.15, 0.2) is 170 Å². The molecule has 50 heavy (non-hydrogen) atoms. The maximum absolute atomic E-state index is 12.4. The molecule has 0 saturated heterocycles. The van der Waals surface area contributed by atoms with Crippen molar-refractivity contribution >= 4 is 59.6 Å². The zero-order valence-electron chi connectivity index (χ0n) is 27.9. The van der Waals surface area contributed by atoms with Crippen molar-refractivity contribution in [3.8, 4) is 0 Å². The van der Waals surface area contributed by atoms with E-state index in [9.17, 15) is 9.59 Å². The molecule has 250 valence electrons. The molecule has 4 nitrogen and oxygen atoms in total. The molecule has 0 radical (unpaired) electrons. The van der Waals surface area contributed by atoms with Gasteiger partial charge in [-0.25, -0.2) is 0 Å². The molecule has 0 unspecified atom stereocenters. The van der Waals surface area contributed by atoms with Crippen LogP contribution in [0.3, 0.4) is 0 Å². The maximum atomic E-state index is 12.4. The molecule has 0 aliphatic heterocycles. The summed E-state index contributed by atoms with van der Waals surface area (Å²) in [5.74, 6) is -0.520. The van der Waals surface area contributed by atoms with Gasteiger partial charge < -0.3 is 9.47 Å². The minimum absolute atomic E-state index is 0.229. The van der Waals surface area contributed by atoms with E-state index in [4.69, 9.17) is 9.47 Å². The number of unbranched alkanes of at least 4 members (excludes halogenated alkanes) is 1. The second-order valence-corrected chi connectivity index (χ2v) is 16.3. The van der Waals surface area contributed by atoms with Gasteiger partial charge in [0.2, 0.25) is 0 Å². The summed E-state index contributed by atoms with van der Waals surface area (Å²) in [5.41, 5.74) is 1.90. The molecule has 0 fully saturated rings. The van der Waals surface area contributed by atoms with Gasteiger partial charge >= 0.3 is 11.9 Å². The van der Waals surface area contributed by atoms with Gasteiger partial charge in [-0.2, -0.15) is 0 Å². The van der Waals surface area contributed by atoms with Crippen LogP contribution in [-0.2, 0) is 32.3 Å². The van der Waals surface area contributed by atoms with Crippen molar-refractivity contribution in [1.82, 2.24) is 0 Å². The first-order valence-electron chi connectivity index (χ1n) is 16.9. The van der Waals surface area contributed by atoms with Crippen LogP contribution in [0.5, 0.6) is 0 Å². The fourth-order valence-corrected chi connectivity index (χ4v) is 10.3. The number of hydrogen-bond donors (Lipinski definition) is 0. The molecule has 0 saturated carbocycles. The molecule has 0 aliphatic carbocycles. The number of rotatable bonds is 15. The van der Waals surface area contributed by atoms with Crippen LogP contribution in [0, 0.1) is 0 Å². The molecule has 0 heterocycles. The molecular weight excluding hydrogens is 654 g/mol. The highest BCUT2D eigenvalue weighted by Crippen LogP contribution is 2.33. The third kappa shape index (κ3) is 9.85. The minimum atomic E-state index is -0.677. The molecule has 0 amide bonds. The molecule has 0 atom stereocenters. The van der Waals surface area contributed by atoms with Gasteiger partial charge in [-0.15, -0.1) is 0 Å². The fraction of sp³-hybridized carbons (Fsp3) is 0.136. The lowest BCUT2D eigenvalue weighted by molar-refractivity contribution is -0.147. The van der Waals surface area contributed by atoms with E-state index in [1.165, 1.54) is 31.8 Å². The predicted octanol–water partition coefficient (Wildman–Crippen LogP) is 7.55. The predicted molar refractivity (Wildman–Crippen MR) is 208 cm³/mol. The molecule has 0 N–H and O–H groups in total. The Kier molecular flexibility index (Phi) is 12.7. The number of carbonyl (C=O) groups excluding carboxylic acids is 2. The zero-order valence-corrected chi connectivity index (χ0v) is 29.7. The quantitative estimate of drug-likeness (QED) is 0.0633. The van der Waals surface area contributed by atoms with E-state index in [2.05, 4.69) is 121 Å². The summed E-state index contributed by atoms with van der Waals surface area (Å²) < 4.78 is 11.1. The smallest absolute Gasteiger partial charge is 0.306 e. The van der Waals surface area contributed by atoms with Crippen molar-refractivity contribution in [3.05, 3.63) is 181 Å². The summed E-state index contributed by atoms with van der Waals surface area (Å²) in [4.78, 5) is 24.9. The summed E-state index contributed by atoms with van der Waals surface area (Å²) in [6.07, 6.45) is 1.68. The molecule has 6 aromatic rings. The molecule has 0 bridgehead atoms. The number of ether oxygens (including phenoxy) is 2. The average molecular weight is 695 g/mol. The van der Waals surface area contributed by atoms with Crippen LogP contribution < -0.4 is 31.8 Å². The van der Waals surface area contributed by atoms with Crippen LogP contribution >= 0.6 is 15.8 Å². The Bertz CT molecular complexity index is 1690. The lowest BCUT2D eigenvalue weighted by Crippen LogP contribution is -2.20. The third-order valence-corrected chi connectivity index (χ3v) is 13.1. The van der Waals surface area contributed by atoms with E-state index in [-0.39, 0.29) is 38.0 Å². The maximum Gasteiger partial charge on any atom is 0.306 e. The van der Waals surface area contributed by atoms with Gasteiger partial charge in [-0.1, -0.05) is 170 Å². The van der Waals surface area contributed by atoms with E-state index in [1.807, 2.05) is 48.5 Å². The zero-order chi connectivity index (χ0) is 34.4. The second kappa shape index (κ2) is 18.2. The summed E-state index contributed by atoms with van der Waals surface area (Å²) in [6.45, 7) is 0.459. The first kappa shape index (κ1) is 35.0. The topological polar surface area (TPSA) is 52.6 Å². The van der Waals surface area contributed by atoms with Crippen LogP contribution in [0.4, 0.5) is 0 Å². The Hall–Kier alpha value is -4.88. The van der Waals surface area contributed by atoms with Crippen molar-refractivity contribution in [3.63, 3.8) is 0 Å². The largest absolute Gasteiger partial charge is 0.461 e. The summed E-state index contributed by atoms with van der Waals surface area (Å²) in [5, 5.41) is 7.67. The second-order valence-electron chi connectivity index (χ2n) is 11.9. The van der Waals surface area contributed by atoms with E-state index < -0.39 is 15.8 Å². The van der Waals surface area contributed by atoms with Crippen LogP contribution in [0.2, 0.25) is 0 Å². The van der Waals surface area contributed by atoms with Crippen molar-refractivity contribution in [2.45, 2.75) is 38.9 Å². The van der Waals surface area contributed by atoms with Crippen molar-refractivity contribution in [2.24, 2.45) is 0 Å². The summed E-state index contributed by atoms with van der Waals surface area (Å²) in [7, 11) is -1.35. The van der Waals surface area contributed by atoms with E-state index >= 15 is 0 Å². The highest BCUT2D eigenvalue weighted by molar-refractivity contribution is 7.80. The van der Waals surface area contributed by atoms with Gasteiger partial charge in [0.1, 0.15) is 13.2 Å². The molecule has 6 rings (SSSR count). The molecule has 0 spiro atoms. The van der Waals surface area contributed by atoms with Crippen LogP contribution in [-0.4, -0.2) is 11.9 Å². The number of carbonyl (C=O) groups is 2. The van der Waals surface area contributed by atoms with Crippen molar-refractivity contribution < 1.29 is 19.1 Å². The van der Waals surface area contributed by atoms with E-state index in [0.717, 1.165) is 11.1 Å². The standard InChI is InChI=1S/C44H40O4P2/c45-43(47-33-35-25-29-41(30-26-35)49(37-15-5-1-6-16-37)38-17-7-2-8-18-38)23-13-14-24-44(46)48-34-36-27-31-42(32-28-36)50(39-19-9-3-10-20-39)40-21-11-4-12-22-40/h1-12,15-22,25-32H,13-14,23-24,33-34H2. The van der Waals surface area contributed by atoms with Gasteiger partial charge in [0.15, 0.2) is 0 Å². The Morgan fingerprint density at radius 2 is 0.620 bits per heavy atom. The van der Waals surface area contributed by atoms with Gasteiger partial charge in [0, 0.05) is 12.8 Å². The Morgan fingerprint density at radius 1 is 0.360 bits per heavy atom. The van der Waals surface area contributed by atoms with Crippen LogP contribution in [0.1, 0.15) is 36.8 Å². The Labute approximate surface area is 297 Å². The SMILES string of the molecule is O=C(CCCCC(=O)OCc1ccc(P(c2ccccc2)c2ccccc2)cc1)OCc1ccc(P(c2ccccc2)c2ccccc2)cc1. The molecule has 0 aliphatic rings. The first-order valence-corrected chi connectivity index (χ1v) is 19.6. The Balaban J connectivity index is 0.918. The highest BCUT2D eigenvalue weighted by Gasteiger charge is 2.17. The average Bonchev–Trinajstić information content (AvgIpc) is 3.18. The van der Waals surface area contributed by atoms with E-state index in [1.54, 1.807) is 0 Å². The Morgan fingerprint density at radius 3 is 0.900 bits per heavy atom. The van der Waals surface area contributed by atoms with Crippen LogP contribution in [0.25, 0.3) is 0 Å². The minimum Gasteiger partial charge on any atom is -0.461 e. The highest BCUT2D eigenvalue weighted by atomic mass is 31.1. The first-order chi connectivity index (χ1) is 24.6.